The van der Waals surface area contributed by atoms with Crippen LogP contribution in [0.1, 0.15) is 15.9 Å². The van der Waals surface area contributed by atoms with Gasteiger partial charge in [-0.2, -0.15) is 5.10 Å². The van der Waals surface area contributed by atoms with Gasteiger partial charge in [0.05, 0.1) is 17.4 Å². The summed E-state index contributed by atoms with van der Waals surface area (Å²) in [6.45, 7) is 0.450. The molecule has 1 aromatic carbocycles. The Kier molecular flexibility index (Phi) is 4.03. The van der Waals surface area contributed by atoms with Crippen molar-refractivity contribution in [3.8, 4) is 0 Å². The van der Waals surface area contributed by atoms with E-state index in [4.69, 9.17) is 17.4 Å². The summed E-state index contributed by atoms with van der Waals surface area (Å²) >= 11 is 5.91. The van der Waals surface area contributed by atoms with E-state index < -0.39 is 0 Å². The van der Waals surface area contributed by atoms with Gasteiger partial charge in [0.1, 0.15) is 0 Å². The number of carbonyl (C=O) groups excluding carboxylic acids is 1. The first-order valence-corrected chi connectivity index (χ1v) is 5.99. The standard InChI is InChI=1S/C12H14ClN5O/c1-18(7-8-5-15-16-6-8)12(19)10-4-9(13)2-3-11(10)17-14/h2-6,17H,7,14H2,1H3,(H,15,16). The maximum Gasteiger partial charge on any atom is 0.256 e. The van der Waals surface area contributed by atoms with E-state index in [-0.39, 0.29) is 5.91 Å². The van der Waals surface area contributed by atoms with Crippen LogP contribution in [0.15, 0.2) is 30.6 Å². The Labute approximate surface area is 115 Å². The first kappa shape index (κ1) is 13.4. The Morgan fingerprint density at radius 2 is 2.37 bits per heavy atom. The van der Waals surface area contributed by atoms with Crippen molar-refractivity contribution < 1.29 is 4.79 Å². The number of carbonyl (C=O) groups is 1. The van der Waals surface area contributed by atoms with Crippen LogP contribution < -0.4 is 11.3 Å². The van der Waals surface area contributed by atoms with Crippen LogP contribution in [-0.4, -0.2) is 28.1 Å². The molecule has 2 rings (SSSR count). The van der Waals surface area contributed by atoms with E-state index in [9.17, 15) is 4.79 Å². The van der Waals surface area contributed by atoms with Crippen LogP contribution >= 0.6 is 11.6 Å². The minimum Gasteiger partial charge on any atom is -0.337 e. The van der Waals surface area contributed by atoms with Gasteiger partial charge in [0, 0.05) is 30.4 Å². The van der Waals surface area contributed by atoms with Gasteiger partial charge in [-0.25, -0.2) is 0 Å². The van der Waals surface area contributed by atoms with E-state index in [1.807, 2.05) is 0 Å². The summed E-state index contributed by atoms with van der Waals surface area (Å²) in [6, 6.07) is 4.93. The average Bonchev–Trinajstić information content (AvgIpc) is 2.90. The lowest BCUT2D eigenvalue weighted by atomic mass is 10.1. The van der Waals surface area contributed by atoms with Crippen LogP contribution in [0.2, 0.25) is 5.02 Å². The minimum absolute atomic E-state index is 0.170. The second-order valence-electron chi connectivity index (χ2n) is 4.10. The van der Waals surface area contributed by atoms with E-state index in [1.54, 1.807) is 42.5 Å². The number of hydrazine groups is 1. The van der Waals surface area contributed by atoms with Gasteiger partial charge in [-0.05, 0) is 18.2 Å². The molecule has 0 saturated heterocycles. The number of halogens is 1. The molecule has 0 radical (unpaired) electrons. The monoisotopic (exact) mass is 279 g/mol. The van der Waals surface area contributed by atoms with Crippen LogP contribution in [0, 0.1) is 0 Å². The zero-order chi connectivity index (χ0) is 13.8. The first-order valence-electron chi connectivity index (χ1n) is 5.61. The number of aromatic nitrogens is 2. The van der Waals surface area contributed by atoms with Crippen LogP contribution in [0.25, 0.3) is 0 Å². The Balaban J connectivity index is 2.21. The van der Waals surface area contributed by atoms with Gasteiger partial charge in [-0.1, -0.05) is 11.6 Å². The highest BCUT2D eigenvalue weighted by Gasteiger charge is 2.16. The van der Waals surface area contributed by atoms with E-state index >= 15 is 0 Å². The van der Waals surface area contributed by atoms with Crippen molar-refractivity contribution in [1.29, 1.82) is 0 Å². The number of nitrogen functional groups attached to an aromatic ring is 1. The number of nitrogens with one attached hydrogen (secondary N) is 2. The number of nitrogens with two attached hydrogens (primary N) is 1. The van der Waals surface area contributed by atoms with Crippen molar-refractivity contribution in [3.63, 3.8) is 0 Å². The van der Waals surface area contributed by atoms with E-state index in [1.165, 1.54) is 0 Å². The highest BCUT2D eigenvalue weighted by Crippen LogP contribution is 2.21. The SMILES string of the molecule is CN(Cc1cn[nH]c1)C(=O)c1cc(Cl)ccc1NN. The third kappa shape index (κ3) is 3.04. The normalized spacial score (nSPS) is 10.3. The van der Waals surface area contributed by atoms with E-state index in [0.717, 1.165) is 5.56 Å². The number of H-pyrrole nitrogens is 1. The van der Waals surface area contributed by atoms with Gasteiger partial charge in [-0.3, -0.25) is 15.7 Å². The summed E-state index contributed by atoms with van der Waals surface area (Å²) in [5.74, 6) is 5.23. The third-order valence-electron chi connectivity index (χ3n) is 2.69. The molecule has 100 valence electrons. The zero-order valence-electron chi connectivity index (χ0n) is 10.4. The lowest BCUT2D eigenvalue weighted by Gasteiger charge is -2.18. The maximum absolute atomic E-state index is 12.3. The van der Waals surface area contributed by atoms with Crippen molar-refractivity contribution >= 4 is 23.2 Å². The van der Waals surface area contributed by atoms with Crippen molar-refractivity contribution in [3.05, 3.63) is 46.7 Å². The Bertz CT molecular complexity index is 570. The average molecular weight is 280 g/mol. The van der Waals surface area contributed by atoms with Crippen LogP contribution in [0.4, 0.5) is 5.69 Å². The number of anilines is 1. The first-order chi connectivity index (χ1) is 9.11. The van der Waals surface area contributed by atoms with Crippen molar-refractivity contribution in [2.24, 2.45) is 5.84 Å². The predicted octanol–water partition coefficient (Wildman–Crippen LogP) is 1.62. The van der Waals surface area contributed by atoms with Gasteiger partial charge in [-0.15, -0.1) is 0 Å². The number of aromatic amines is 1. The number of hydrogen-bond donors (Lipinski definition) is 3. The van der Waals surface area contributed by atoms with Crippen molar-refractivity contribution in [2.75, 3.05) is 12.5 Å². The molecule has 0 atom stereocenters. The van der Waals surface area contributed by atoms with Crippen molar-refractivity contribution in [2.45, 2.75) is 6.54 Å². The number of benzene rings is 1. The van der Waals surface area contributed by atoms with Gasteiger partial charge < -0.3 is 10.3 Å². The quantitative estimate of drug-likeness (QED) is 0.586. The molecular formula is C12H14ClN5O. The number of nitrogens with zero attached hydrogens (tertiary/aromatic N) is 2. The van der Waals surface area contributed by atoms with Gasteiger partial charge in [0.15, 0.2) is 0 Å². The summed E-state index contributed by atoms with van der Waals surface area (Å²) < 4.78 is 0. The maximum atomic E-state index is 12.3. The zero-order valence-corrected chi connectivity index (χ0v) is 11.1. The van der Waals surface area contributed by atoms with E-state index in [0.29, 0.717) is 22.8 Å². The van der Waals surface area contributed by atoms with E-state index in [2.05, 4.69) is 15.6 Å². The smallest absolute Gasteiger partial charge is 0.256 e. The van der Waals surface area contributed by atoms with Gasteiger partial charge in [0.25, 0.3) is 5.91 Å². The number of rotatable bonds is 4. The fraction of sp³-hybridized carbons (Fsp3) is 0.167. The topological polar surface area (TPSA) is 87.0 Å². The molecule has 0 aliphatic rings. The Morgan fingerprint density at radius 1 is 1.58 bits per heavy atom. The molecule has 0 spiro atoms. The fourth-order valence-corrected chi connectivity index (χ4v) is 1.91. The molecule has 0 aliphatic heterocycles. The summed E-state index contributed by atoms with van der Waals surface area (Å²) in [4.78, 5) is 13.9. The molecular weight excluding hydrogens is 266 g/mol. The predicted molar refractivity (Wildman–Crippen MR) is 73.6 cm³/mol. The molecule has 1 amide bonds. The molecule has 0 fully saturated rings. The molecule has 4 N–H and O–H groups in total. The summed E-state index contributed by atoms with van der Waals surface area (Å²) in [6.07, 6.45) is 3.41. The molecule has 0 aliphatic carbocycles. The molecule has 0 saturated carbocycles. The Hall–Kier alpha value is -2.05. The molecule has 6 nitrogen and oxygen atoms in total. The molecule has 1 aromatic heterocycles. The molecule has 2 aromatic rings. The van der Waals surface area contributed by atoms with Crippen LogP contribution in [-0.2, 0) is 6.54 Å². The molecule has 19 heavy (non-hydrogen) atoms. The highest BCUT2D eigenvalue weighted by molar-refractivity contribution is 6.31. The third-order valence-corrected chi connectivity index (χ3v) is 2.92. The van der Waals surface area contributed by atoms with Gasteiger partial charge in [0.2, 0.25) is 0 Å². The number of hydrogen-bond acceptors (Lipinski definition) is 4. The second-order valence-corrected chi connectivity index (χ2v) is 4.54. The van der Waals surface area contributed by atoms with Crippen LogP contribution in [0.5, 0.6) is 0 Å². The minimum atomic E-state index is -0.170. The lowest BCUT2D eigenvalue weighted by Crippen LogP contribution is -2.27. The summed E-state index contributed by atoms with van der Waals surface area (Å²) in [5.41, 5.74) is 4.38. The molecule has 0 unspecified atom stereocenters. The van der Waals surface area contributed by atoms with Gasteiger partial charge >= 0.3 is 0 Å². The fourth-order valence-electron chi connectivity index (χ4n) is 1.73. The largest absolute Gasteiger partial charge is 0.337 e. The highest BCUT2D eigenvalue weighted by atomic mass is 35.5. The molecule has 0 bridgehead atoms. The second kappa shape index (κ2) is 5.73. The van der Waals surface area contributed by atoms with Crippen molar-refractivity contribution in [1.82, 2.24) is 15.1 Å². The Morgan fingerprint density at radius 3 is 3.00 bits per heavy atom. The lowest BCUT2D eigenvalue weighted by molar-refractivity contribution is 0.0786. The number of amides is 1. The summed E-state index contributed by atoms with van der Waals surface area (Å²) in [7, 11) is 1.70. The van der Waals surface area contributed by atoms with Crippen LogP contribution in [0.3, 0.4) is 0 Å². The molecule has 7 heteroatoms. The molecule has 1 heterocycles. The summed E-state index contributed by atoms with van der Waals surface area (Å²) in [5, 5.41) is 7.03.